The van der Waals surface area contributed by atoms with E-state index in [0.29, 0.717) is 0 Å². The fourth-order valence-corrected chi connectivity index (χ4v) is 2.45. The zero-order valence-electron chi connectivity index (χ0n) is 11.3. The second kappa shape index (κ2) is 6.01. The van der Waals surface area contributed by atoms with E-state index in [-0.39, 0.29) is 11.8 Å². The summed E-state index contributed by atoms with van der Waals surface area (Å²) in [5, 5.41) is 3.24. The molecule has 0 aliphatic carbocycles. The van der Waals surface area contributed by atoms with E-state index in [1.165, 1.54) is 11.1 Å². The van der Waals surface area contributed by atoms with E-state index >= 15 is 0 Å². The van der Waals surface area contributed by atoms with E-state index in [1.54, 1.807) is 0 Å². The summed E-state index contributed by atoms with van der Waals surface area (Å²) in [6.07, 6.45) is 1.91. The lowest BCUT2D eigenvalue weighted by Crippen LogP contribution is -2.35. The Labute approximate surface area is 109 Å². The first-order chi connectivity index (χ1) is 8.66. The van der Waals surface area contributed by atoms with Crippen molar-refractivity contribution in [2.45, 2.75) is 19.8 Å². The molecule has 3 nitrogen and oxygen atoms in total. The average molecular weight is 246 g/mol. The largest absolute Gasteiger partial charge is 0.345 e. The van der Waals surface area contributed by atoms with E-state index in [4.69, 9.17) is 0 Å². The van der Waals surface area contributed by atoms with Crippen LogP contribution in [0.4, 0.5) is 0 Å². The number of carbonyl (C=O) groups is 1. The van der Waals surface area contributed by atoms with Gasteiger partial charge in [-0.3, -0.25) is 4.79 Å². The third-order valence-electron chi connectivity index (χ3n) is 3.60. The maximum absolute atomic E-state index is 12.1. The summed E-state index contributed by atoms with van der Waals surface area (Å²) in [4.78, 5) is 14.0. The van der Waals surface area contributed by atoms with Gasteiger partial charge in [0.25, 0.3) is 0 Å². The Balaban J connectivity index is 1.84. The van der Waals surface area contributed by atoms with Gasteiger partial charge in [0, 0.05) is 20.1 Å². The maximum Gasteiger partial charge on any atom is 0.226 e. The number of hydrogen-bond acceptors (Lipinski definition) is 2. The normalized spacial score (nSPS) is 18.9. The number of benzene rings is 1. The van der Waals surface area contributed by atoms with Gasteiger partial charge in [0.05, 0.1) is 5.92 Å². The monoisotopic (exact) mass is 246 g/mol. The second-order valence-electron chi connectivity index (χ2n) is 5.19. The SMILES string of the molecule is Cc1cccc(CCN(C)C(=O)C2CCNC2)c1. The van der Waals surface area contributed by atoms with Crippen molar-refractivity contribution in [3.05, 3.63) is 35.4 Å². The van der Waals surface area contributed by atoms with Gasteiger partial charge in [-0.15, -0.1) is 0 Å². The van der Waals surface area contributed by atoms with E-state index in [9.17, 15) is 4.79 Å². The van der Waals surface area contributed by atoms with Crippen LogP contribution in [0.2, 0.25) is 0 Å². The van der Waals surface area contributed by atoms with Crippen LogP contribution in [-0.2, 0) is 11.2 Å². The molecule has 0 bridgehead atoms. The van der Waals surface area contributed by atoms with E-state index in [1.807, 2.05) is 11.9 Å². The van der Waals surface area contributed by atoms with Crippen molar-refractivity contribution in [2.24, 2.45) is 5.92 Å². The number of aryl methyl sites for hydroxylation is 1. The van der Waals surface area contributed by atoms with Crippen molar-refractivity contribution >= 4 is 5.91 Å². The first-order valence-corrected chi connectivity index (χ1v) is 6.68. The van der Waals surface area contributed by atoms with Crippen molar-refractivity contribution in [1.82, 2.24) is 10.2 Å². The van der Waals surface area contributed by atoms with Crippen LogP contribution in [0.3, 0.4) is 0 Å². The lowest BCUT2D eigenvalue weighted by molar-refractivity contribution is -0.133. The summed E-state index contributed by atoms with van der Waals surface area (Å²) >= 11 is 0. The number of carbonyl (C=O) groups excluding carboxylic acids is 1. The van der Waals surface area contributed by atoms with Crippen molar-refractivity contribution < 1.29 is 4.79 Å². The highest BCUT2D eigenvalue weighted by molar-refractivity contribution is 5.79. The molecule has 1 saturated heterocycles. The molecule has 3 heteroatoms. The topological polar surface area (TPSA) is 32.3 Å². The van der Waals surface area contributed by atoms with Crippen molar-refractivity contribution in [3.8, 4) is 0 Å². The Morgan fingerprint density at radius 1 is 1.50 bits per heavy atom. The van der Waals surface area contributed by atoms with Gasteiger partial charge in [0.15, 0.2) is 0 Å². The Hall–Kier alpha value is -1.35. The molecule has 1 aliphatic rings. The van der Waals surface area contributed by atoms with Crippen LogP contribution in [-0.4, -0.2) is 37.5 Å². The molecular formula is C15H22N2O. The zero-order chi connectivity index (χ0) is 13.0. The molecule has 1 fully saturated rings. The van der Waals surface area contributed by atoms with Crippen molar-refractivity contribution in [3.63, 3.8) is 0 Å². The number of rotatable bonds is 4. The fraction of sp³-hybridized carbons (Fsp3) is 0.533. The number of likely N-dealkylation sites (N-methyl/N-ethyl adjacent to an activating group) is 1. The van der Waals surface area contributed by atoms with Crippen LogP contribution in [0.25, 0.3) is 0 Å². The van der Waals surface area contributed by atoms with Gasteiger partial charge >= 0.3 is 0 Å². The average Bonchev–Trinajstić information content (AvgIpc) is 2.89. The molecule has 18 heavy (non-hydrogen) atoms. The summed E-state index contributed by atoms with van der Waals surface area (Å²) in [6.45, 7) is 4.72. The molecule has 0 aromatic heterocycles. The van der Waals surface area contributed by atoms with Gasteiger partial charge in [0.2, 0.25) is 5.91 Å². The maximum atomic E-state index is 12.1. The number of nitrogens with zero attached hydrogens (tertiary/aromatic N) is 1. The Bertz CT molecular complexity index is 411. The van der Waals surface area contributed by atoms with E-state index in [2.05, 4.69) is 36.5 Å². The zero-order valence-corrected chi connectivity index (χ0v) is 11.3. The third kappa shape index (κ3) is 3.33. The van der Waals surface area contributed by atoms with Gasteiger partial charge in [-0.2, -0.15) is 0 Å². The third-order valence-corrected chi connectivity index (χ3v) is 3.60. The molecule has 1 N–H and O–H groups in total. The first kappa shape index (κ1) is 13.1. The van der Waals surface area contributed by atoms with E-state index < -0.39 is 0 Å². The second-order valence-corrected chi connectivity index (χ2v) is 5.19. The molecule has 1 unspecified atom stereocenters. The predicted octanol–water partition coefficient (Wildman–Crippen LogP) is 1.61. The Morgan fingerprint density at radius 3 is 3.00 bits per heavy atom. The molecule has 1 aromatic carbocycles. The highest BCUT2D eigenvalue weighted by Crippen LogP contribution is 2.11. The molecule has 1 heterocycles. The molecule has 1 atom stereocenters. The van der Waals surface area contributed by atoms with Crippen LogP contribution in [0.5, 0.6) is 0 Å². The smallest absolute Gasteiger partial charge is 0.226 e. The van der Waals surface area contributed by atoms with Gasteiger partial charge in [0.1, 0.15) is 0 Å². The highest BCUT2D eigenvalue weighted by Gasteiger charge is 2.24. The molecule has 0 radical (unpaired) electrons. The number of amides is 1. The summed E-state index contributed by atoms with van der Waals surface area (Å²) < 4.78 is 0. The predicted molar refractivity (Wildman–Crippen MR) is 73.5 cm³/mol. The molecule has 1 aromatic rings. The van der Waals surface area contributed by atoms with Crippen LogP contribution in [0.15, 0.2) is 24.3 Å². The van der Waals surface area contributed by atoms with Gasteiger partial charge in [-0.1, -0.05) is 29.8 Å². The fourth-order valence-electron chi connectivity index (χ4n) is 2.45. The standard InChI is InChI=1S/C15H22N2O/c1-12-4-3-5-13(10-12)7-9-17(2)15(18)14-6-8-16-11-14/h3-5,10,14,16H,6-9,11H2,1-2H3. The lowest BCUT2D eigenvalue weighted by atomic mass is 10.1. The highest BCUT2D eigenvalue weighted by atomic mass is 16.2. The van der Waals surface area contributed by atoms with Crippen LogP contribution >= 0.6 is 0 Å². The molecule has 98 valence electrons. The minimum absolute atomic E-state index is 0.188. The molecule has 1 aliphatic heterocycles. The summed E-state index contributed by atoms with van der Waals surface area (Å²) in [5.74, 6) is 0.472. The molecular weight excluding hydrogens is 224 g/mol. The molecule has 0 saturated carbocycles. The summed E-state index contributed by atoms with van der Waals surface area (Å²) in [5.41, 5.74) is 2.58. The quantitative estimate of drug-likeness (QED) is 0.875. The minimum Gasteiger partial charge on any atom is -0.345 e. The molecule has 2 rings (SSSR count). The van der Waals surface area contributed by atoms with Crippen LogP contribution in [0.1, 0.15) is 17.5 Å². The lowest BCUT2D eigenvalue weighted by Gasteiger charge is -2.20. The minimum atomic E-state index is 0.188. The summed E-state index contributed by atoms with van der Waals surface area (Å²) in [7, 11) is 1.91. The number of nitrogens with one attached hydrogen (secondary N) is 1. The van der Waals surface area contributed by atoms with E-state index in [0.717, 1.165) is 32.5 Å². The Kier molecular flexibility index (Phi) is 4.37. The first-order valence-electron chi connectivity index (χ1n) is 6.68. The van der Waals surface area contributed by atoms with Gasteiger partial charge in [-0.25, -0.2) is 0 Å². The van der Waals surface area contributed by atoms with Crippen LogP contribution in [0, 0.1) is 12.8 Å². The Morgan fingerprint density at radius 2 is 2.33 bits per heavy atom. The summed E-state index contributed by atoms with van der Waals surface area (Å²) in [6, 6.07) is 8.49. The van der Waals surface area contributed by atoms with Gasteiger partial charge in [-0.05, 0) is 31.9 Å². The number of hydrogen-bond donors (Lipinski definition) is 1. The molecule has 0 spiro atoms. The molecule has 1 amide bonds. The van der Waals surface area contributed by atoms with Gasteiger partial charge < -0.3 is 10.2 Å². The van der Waals surface area contributed by atoms with Crippen molar-refractivity contribution in [1.29, 1.82) is 0 Å². The van der Waals surface area contributed by atoms with Crippen molar-refractivity contribution in [2.75, 3.05) is 26.7 Å². The van der Waals surface area contributed by atoms with Crippen LogP contribution < -0.4 is 5.32 Å².